The molecule has 0 spiro atoms. The number of rotatable bonds is 6. The number of hydrogen-bond donors (Lipinski definition) is 1. The lowest BCUT2D eigenvalue weighted by molar-refractivity contribution is -0.191. The molecule has 0 aromatic heterocycles. The highest BCUT2D eigenvalue weighted by molar-refractivity contribution is 9.10. The number of hydrogen-bond acceptors (Lipinski definition) is 4. The van der Waals surface area contributed by atoms with Gasteiger partial charge in [0.1, 0.15) is 5.75 Å². The molecule has 0 radical (unpaired) electrons. The predicted octanol–water partition coefficient (Wildman–Crippen LogP) is 1.97. The third-order valence-electron chi connectivity index (χ3n) is 2.07. The maximum Gasteiger partial charge on any atom is 0.414 e. The van der Waals surface area contributed by atoms with Crippen LogP contribution in [0.25, 0.3) is 0 Å². The number of benzene rings is 1. The van der Waals surface area contributed by atoms with E-state index in [0.717, 1.165) is 4.47 Å². The highest BCUT2D eigenvalue weighted by Crippen LogP contribution is 2.14. The zero-order chi connectivity index (χ0) is 16.1. The summed E-state index contributed by atoms with van der Waals surface area (Å²) in [4.78, 5) is 15.1. The first-order chi connectivity index (χ1) is 9.57. The van der Waals surface area contributed by atoms with Crippen LogP contribution in [-0.2, 0) is 25.2 Å². The summed E-state index contributed by atoms with van der Waals surface area (Å²) in [5.74, 6) is -2.51. The van der Waals surface area contributed by atoms with Crippen LogP contribution in [0.5, 0.6) is 0 Å². The molecule has 0 heterocycles. The Labute approximate surface area is 127 Å². The van der Waals surface area contributed by atoms with Crippen LogP contribution in [0.2, 0.25) is 0 Å². The van der Waals surface area contributed by atoms with Crippen molar-refractivity contribution in [1.29, 1.82) is 0 Å². The summed E-state index contributed by atoms with van der Waals surface area (Å²) in [7, 11) is -3.80. The highest BCUT2D eigenvalue weighted by atomic mass is 79.9. The molecule has 0 atom stereocenters. The first-order valence-corrected chi connectivity index (χ1v) is 8.11. The van der Waals surface area contributed by atoms with Gasteiger partial charge in [-0.3, -0.25) is 9.63 Å². The van der Waals surface area contributed by atoms with Crippen molar-refractivity contribution in [3.05, 3.63) is 34.3 Å². The largest absolute Gasteiger partial charge is 0.414 e. The maximum atomic E-state index is 11.8. The minimum absolute atomic E-state index is 0.396. The van der Waals surface area contributed by atoms with Crippen LogP contribution in [0.3, 0.4) is 0 Å². The fourth-order valence-electron chi connectivity index (χ4n) is 1.31. The van der Waals surface area contributed by atoms with Crippen molar-refractivity contribution in [3.63, 3.8) is 0 Å². The molecule has 5 nitrogen and oxygen atoms in total. The molecule has 0 aliphatic rings. The Kier molecular flexibility index (Phi) is 6.17. The van der Waals surface area contributed by atoms with Crippen molar-refractivity contribution >= 4 is 31.7 Å². The van der Waals surface area contributed by atoms with E-state index in [9.17, 15) is 26.4 Å². The van der Waals surface area contributed by atoms with Gasteiger partial charge in [0.05, 0.1) is 5.75 Å². The first-order valence-electron chi connectivity index (χ1n) is 5.50. The molecule has 0 aliphatic carbocycles. The molecule has 118 valence electrons. The molecule has 1 rings (SSSR count). The van der Waals surface area contributed by atoms with Crippen LogP contribution < -0.4 is 5.48 Å². The Morgan fingerprint density at radius 2 is 1.81 bits per heavy atom. The summed E-state index contributed by atoms with van der Waals surface area (Å²) in [6, 6.07) is 6.38. The molecule has 0 fully saturated rings. The van der Waals surface area contributed by atoms with Crippen molar-refractivity contribution in [2.24, 2.45) is 0 Å². The highest BCUT2D eigenvalue weighted by Gasteiger charge is 2.28. The molecule has 0 unspecified atom stereocenters. The topological polar surface area (TPSA) is 72.5 Å². The van der Waals surface area contributed by atoms with Crippen molar-refractivity contribution in [1.82, 2.24) is 5.48 Å². The number of nitrogens with one attached hydrogen (secondary N) is 1. The van der Waals surface area contributed by atoms with E-state index in [4.69, 9.17) is 0 Å². The number of carbonyl (C=O) groups is 1. The fraction of sp³-hybridized carbons (Fsp3) is 0.364. The molecule has 0 bridgehead atoms. The summed E-state index contributed by atoms with van der Waals surface area (Å²) in [6.07, 6.45) is -4.61. The lowest BCUT2D eigenvalue weighted by Crippen LogP contribution is -2.34. The Balaban J connectivity index is 2.48. The molecule has 0 saturated heterocycles. The van der Waals surface area contributed by atoms with Gasteiger partial charge >= 0.3 is 6.18 Å². The van der Waals surface area contributed by atoms with Crippen LogP contribution in [-0.4, -0.2) is 32.9 Å². The van der Waals surface area contributed by atoms with Crippen LogP contribution >= 0.6 is 15.9 Å². The summed E-state index contributed by atoms with van der Waals surface area (Å²) in [5, 5.41) is 0. The minimum atomic E-state index is -4.61. The fourth-order valence-corrected chi connectivity index (χ4v) is 2.84. The summed E-state index contributed by atoms with van der Waals surface area (Å²) >= 11 is 3.19. The summed E-state index contributed by atoms with van der Waals surface area (Å²) in [6.45, 7) is -1.69. The Morgan fingerprint density at radius 3 is 2.33 bits per heavy atom. The minimum Gasteiger partial charge on any atom is -0.272 e. The van der Waals surface area contributed by atoms with Crippen molar-refractivity contribution in [3.8, 4) is 0 Å². The van der Waals surface area contributed by atoms with Gasteiger partial charge in [-0.2, -0.15) is 13.2 Å². The molecular formula is C11H11BrF3NO4S. The number of amides is 1. The van der Waals surface area contributed by atoms with E-state index < -0.39 is 40.0 Å². The van der Waals surface area contributed by atoms with Gasteiger partial charge in [-0.25, -0.2) is 13.9 Å². The van der Waals surface area contributed by atoms with Gasteiger partial charge < -0.3 is 0 Å². The average Bonchev–Trinajstić information content (AvgIpc) is 2.29. The van der Waals surface area contributed by atoms with E-state index in [1.54, 1.807) is 24.3 Å². The second kappa shape index (κ2) is 7.23. The second-order valence-corrected chi connectivity index (χ2v) is 7.07. The third kappa shape index (κ3) is 8.02. The second-order valence-electron chi connectivity index (χ2n) is 4.09. The van der Waals surface area contributed by atoms with Gasteiger partial charge in [0, 0.05) is 4.47 Å². The van der Waals surface area contributed by atoms with E-state index in [1.807, 2.05) is 0 Å². The molecule has 21 heavy (non-hydrogen) atoms. The molecular weight excluding hydrogens is 379 g/mol. The zero-order valence-electron chi connectivity index (χ0n) is 10.5. The van der Waals surface area contributed by atoms with Crippen LogP contribution in [0, 0.1) is 0 Å². The molecule has 10 heteroatoms. The normalized spacial score (nSPS) is 12.2. The van der Waals surface area contributed by atoms with E-state index in [2.05, 4.69) is 20.8 Å². The third-order valence-corrected chi connectivity index (χ3v) is 4.08. The number of sulfone groups is 1. The lowest BCUT2D eigenvalue weighted by atomic mass is 10.2. The Hall–Kier alpha value is -1.13. The quantitative estimate of drug-likeness (QED) is 0.755. The van der Waals surface area contributed by atoms with E-state index >= 15 is 0 Å². The average molecular weight is 390 g/mol. The first kappa shape index (κ1) is 17.9. The van der Waals surface area contributed by atoms with Gasteiger partial charge in [-0.15, -0.1) is 0 Å². The molecule has 1 aromatic carbocycles. The zero-order valence-corrected chi connectivity index (χ0v) is 12.9. The van der Waals surface area contributed by atoms with Crippen molar-refractivity contribution in [2.45, 2.75) is 11.9 Å². The van der Waals surface area contributed by atoms with Crippen molar-refractivity contribution < 1.29 is 31.2 Å². The standard InChI is InChI=1S/C11H11BrF3NO4S/c12-9-3-1-8(2-4-9)5-21(18,19)6-10(17)16-20-7-11(13,14)15/h1-4H,5-7H2,(H,16,17). The number of alkyl halides is 3. The van der Waals surface area contributed by atoms with Crippen LogP contribution in [0.1, 0.15) is 5.56 Å². The summed E-state index contributed by atoms with van der Waals surface area (Å²) in [5.41, 5.74) is 1.90. The van der Waals surface area contributed by atoms with Crippen LogP contribution in [0.15, 0.2) is 28.7 Å². The van der Waals surface area contributed by atoms with Crippen molar-refractivity contribution in [2.75, 3.05) is 12.4 Å². The number of hydroxylamine groups is 1. The molecule has 1 N–H and O–H groups in total. The van der Waals surface area contributed by atoms with E-state index in [1.165, 1.54) is 5.48 Å². The Morgan fingerprint density at radius 1 is 1.24 bits per heavy atom. The monoisotopic (exact) mass is 389 g/mol. The molecule has 0 saturated carbocycles. The molecule has 1 aromatic rings. The maximum absolute atomic E-state index is 11.8. The lowest BCUT2D eigenvalue weighted by Gasteiger charge is -2.08. The molecule has 0 aliphatic heterocycles. The smallest absolute Gasteiger partial charge is 0.272 e. The Bertz CT molecular complexity index is 586. The van der Waals surface area contributed by atoms with Gasteiger partial charge in [0.25, 0.3) is 5.91 Å². The number of halogens is 4. The van der Waals surface area contributed by atoms with E-state index in [0.29, 0.717) is 5.56 Å². The van der Waals surface area contributed by atoms with Gasteiger partial charge in [-0.05, 0) is 17.7 Å². The van der Waals surface area contributed by atoms with Gasteiger partial charge in [0.15, 0.2) is 16.4 Å². The predicted molar refractivity (Wildman–Crippen MR) is 71.8 cm³/mol. The van der Waals surface area contributed by atoms with Crippen LogP contribution in [0.4, 0.5) is 13.2 Å². The van der Waals surface area contributed by atoms with E-state index in [-0.39, 0.29) is 0 Å². The number of carbonyl (C=O) groups excluding carboxylic acids is 1. The SMILES string of the molecule is O=C(CS(=O)(=O)Cc1ccc(Br)cc1)NOCC(F)(F)F. The molecule has 1 amide bonds. The van der Waals surface area contributed by atoms with Gasteiger partial charge in [-0.1, -0.05) is 28.1 Å². The van der Waals surface area contributed by atoms with Gasteiger partial charge in [0.2, 0.25) is 0 Å². The summed E-state index contributed by atoms with van der Waals surface area (Å²) < 4.78 is 59.5.